The lowest BCUT2D eigenvalue weighted by Gasteiger charge is -2.19. The van der Waals surface area contributed by atoms with Gasteiger partial charge in [0.2, 0.25) is 0 Å². The minimum Gasteiger partial charge on any atom is -0.350 e. The number of anilines is 3. The van der Waals surface area contributed by atoms with Gasteiger partial charge in [-0.25, -0.2) is 9.37 Å². The SMILES string of the molecule is Cc1cc(F)c(C(=O)Nc2cc(-c3ccncc3)cc(C(C)(C)C#N)c2)cc1C#Cc1cnc2c(Nc3cnn(C)c3)cccn12. The first-order valence-electron chi connectivity index (χ1n) is 14.4. The van der Waals surface area contributed by atoms with Crippen molar-refractivity contribution in [1.82, 2.24) is 24.1 Å². The molecule has 4 aromatic heterocycles. The number of nitriles is 1. The second kappa shape index (κ2) is 12.0. The molecule has 2 N–H and O–H groups in total. The van der Waals surface area contributed by atoms with Crippen molar-refractivity contribution in [3.05, 3.63) is 126 Å². The van der Waals surface area contributed by atoms with E-state index in [1.54, 1.807) is 62.4 Å². The maximum atomic E-state index is 15.2. The van der Waals surface area contributed by atoms with Gasteiger partial charge in [-0.3, -0.25) is 18.9 Å². The van der Waals surface area contributed by atoms with E-state index in [1.807, 2.05) is 54.2 Å². The van der Waals surface area contributed by atoms with Gasteiger partial charge in [0.05, 0.1) is 40.8 Å². The number of rotatable bonds is 6. The number of aryl methyl sites for hydroxylation is 2. The first kappa shape index (κ1) is 29.8. The summed E-state index contributed by atoms with van der Waals surface area (Å²) in [6, 6.07) is 18.0. The molecule has 0 saturated carbocycles. The Balaban J connectivity index is 1.30. The summed E-state index contributed by atoms with van der Waals surface area (Å²) in [5.74, 6) is 4.94. The Morgan fingerprint density at radius 2 is 1.80 bits per heavy atom. The maximum absolute atomic E-state index is 15.2. The number of aromatic nitrogens is 5. The molecular weight excluding hydrogens is 579 g/mol. The van der Waals surface area contributed by atoms with E-state index in [4.69, 9.17) is 0 Å². The van der Waals surface area contributed by atoms with Crippen LogP contribution in [0.25, 0.3) is 16.8 Å². The van der Waals surface area contributed by atoms with E-state index >= 15 is 4.39 Å². The molecule has 0 radical (unpaired) electrons. The molecule has 1 amide bonds. The van der Waals surface area contributed by atoms with Crippen LogP contribution in [0.1, 0.15) is 46.6 Å². The molecule has 6 rings (SSSR count). The number of imidazole rings is 1. The van der Waals surface area contributed by atoms with E-state index in [9.17, 15) is 10.1 Å². The number of pyridine rings is 2. The van der Waals surface area contributed by atoms with Gasteiger partial charge in [-0.05, 0) is 104 Å². The molecule has 0 aliphatic carbocycles. The molecular formula is C36H29FN8O. The predicted molar refractivity (Wildman–Crippen MR) is 175 cm³/mol. The van der Waals surface area contributed by atoms with Gasteiger partial charge < -0.3 is 10.6 Å². The molecule has 0 aliphatic rings. The van der Waals surface area contributed by atoms with Crippen LogP contribution in [0.15, 0.2) is 91.8 Å². The van der Waals surface area contributed by atoms with Crippen LogP contribution in [0.2, 0.25) is 0 Å². The lowest BCUT2D eigenvalue weighted by Crippen LogP contribution is -2.17. The number of fused-ring (bicyclic) bond motifs is 1. The Labute approximate surface area is 265 Å². The highest BCUT2D eigenvalue weighted by Gasteiger charge is 2.22. The predicted octanol–water partition coefficient (Wildman–Crippen LogP) is 6.77. The first-order chi connectivity index (χ1) is 22.1. The van der Waals surface area contributed by atoms with Crippen LogP contribution in [-0.2, 0) is 12.5 Å². The van der Waals surface area contributed by atoms with Crippen molar-refractivity contribution in [3.63, 3.8) is 0 Å². The Morgan fingerprint density at radius 1 is 1.00 bits per heavy atom. The fourth-order valence-corrected chi connectivity index (χ4v) is 4.99. The van der Waals surface area contributed by atoms with Crippen LogP contribution in [0.3, 0.4) is 0 Å². The summed E-state index contributed by atoms with van der Waals surface area (Å²) in [6.45, 7) is 5.35. The van der Waals surface area contributed by atoms with Gasteiger partial charge in [-0.1, -0.05) is 5.92 Å². The maximum Gasteiger partial charge on any atom is 0.258 e. The number of hydrogen-bond acceptors (Lipinski definition) is 6. The van der Waals surface area contributed by atoms with Crippen molar-refractivity contribution in [2.24, 2.45) is 7.05 Å². The van der Waals surface area contributed by atoms with Gasteiger partial charge in [-0.2, -0.15) is 10.4 Å². The minimum absolute atomic E-state index is 0.147. The van der Waals surface area contributed by atoms with Crippen molar-refractivity contribution >= 4 is 28.6 Å². The molecule has 0 aliphatic heterocycles. The van der Waals surface area contributed by atoms with E-state index in [0.717, 1.165) is 22.5 Å². The fourth-order valence-electron chi connectivity index (χ4n) is 4.99. The van der Waals surface area contributed by atoms with Crippen molar-refractivity contribution in [1.29, 1.82) is 5.26 Å². The van der Waals surface area contributed by atoms with Gasteiger partial charge >= 0.3 is 0 Å². The number of nitrogens with one attached hydrogen (secondary N) is 2. The van der Waals surface area contributed by atoms with Crippen LogP contribution >= 0.6 is 0 Å². The van der Waals surface area contributed by atoms with E-state index < -0.39 is 17.1 Å². The van der Waals surface area contributed by atoms with Crippen LogP contribution in [-0.4, -0.2) is 30.1 Å². The quantitative estimate of drug-likeness (QED) is 0.202. The van der Waals surface area contributed by atoms with Crippen molar-refractivity contribution in [2.45, 2.75) is 26.2 Å². The standard InChI is InChI=1S/C36H29FN8O/c1-23-14-32(37)31(35(46)43-28-16-26(24-9-11-39-12-10-24)15-27(18-28)36(2,3)22-38)17-25(23)7-8-30-20-40-34-33(6-5-13-45(30)34)42-29-19-41-44(4)21-29/h5-6,9-21,42H,1-4H3,(H,43,46). The first-order valence-corrected chi connectivity index (χ1v) is 14.4. The molecule has 0 saturated heterocycles. The van der Waals surface area contributed by atoms with E-state index in [1.165, 1.54) is 12.1 Å². The number of hydrogen-bond donors (Lipinski definition) is 2. The summed E-state index contributed by atoms with van der Waals surface area (Å²) < 4.78 is 18.8. The van der Waals surface area contributed by atoms with Gasteiger partial charge in [0.25, 0.3) is 5.91 Å². The van der Waals surface area contributed by atoms with Gasteiger partial charge in [0, 0.05) is 43.1 Å². The molecule has 10 heteroatoms. The molecule has 9 nitrogen and oxygen atoms in total. The molecule has 46 heavy (non-hydrogen) atoms. The van der Waals surface area contributed by atoms with Gasteiger partial charge in [0.1, 0.15) is 11.5 Å². The summed E-state index contributed by atoms with van der Waals surface area (Å²) in [7, 11) is 1.84. The average molecular weight is 609 g/mol. The zero-order valence-corrected chi connectivity index (χ0v) is 25.6. The van der Waals surface area contributed by atoms with Crippen molar-refractivity contribution in [3.8, 4) is 29.0 Å². The van der Waals surface area contributed by atoms with E-state index in [0.29, 0.717) is 33.7 Å². The minimum atomic E-state index is -0.826. The number of carbonyl (C=O) groups is 1. The number of benzene rings is 2. The molecule has 226 valence electrons. The molecule has 2 aromatic carbocycles. The third kappa shape index (κ3) is 6.05. The Kier molecular flexibility index (Phi) is 7.79. The number of halogens is 1. The Bertz CT molecular complexity index is 2210. The summed E-state index contributed by atoms with van der Waals surface area (Å²) in [5, 5.41) is 20.1. The Hall–Kier alpha value is -6.26. The zero-order chi connectivity index (χ0) is 32.4. The Morgan fingerprint density at radius 3 is 2.54 bits per heavy atom. The molecule has 0 atom stereocenters. The smallest absolute Gasteiger partial charge is 0.258 e. The summed E-state index contributed by atoms with van der Waals surface area (Å²) in [4.78, 5) is 22.1. The van der Waals surface area contributed by atoms with E-state index in [2.05, 4.69) is 43.6 Å². The van der Waals surface area contributed by atoms with Crippen molar-refractivity contribution < 1.29 is 9.18 Å². The second-order valence-electron chi connectivity index (χ2n) is 11.4. The molecule has 6 aromatic rings. The summed E-state index contributed by atoms with van der Waals surface area (Å²) in [5.41, 5.74) is 5.85. The van der Waals surface area contributed by atoms with Crippen molar-refractivity contribution in [2.75, 3.05) is 10.6 Å². The molecule has 4 heterocycles. The largest absolute Gasteiger partial charge is 0.350 e. The zero-order valence-electron chi connectivity index (χ0n) is 25.6. The van der Waals surface area contributed by atoms with Crippen LogP contribution in [0.4, 0.5) is 21.5 Å². The topological polar surface area (TPSA) is 113 Å². The molecule has 0 unspecified atom stereocenters. The van der Waals surface area contributed by atoms with Crippen LogP contribution in [0, 0.1) is 35.9 Å². The second-order valence-corrected chi connectivity index (χ2v) is 11.4. The van der Waals surface area contributed by atoms with Gasteiger partial charge in [0.15, 0.2) is 5.65 Å². The number of amides is 1. The molecule has 0 bridgehead atoms. The highest BCUT2D eigenvalue weighted by molar-refractivity contribution is 6.05. The summed E-state index contributed by atoms with van der Waals surface area (Å²) in [6.07, 6.45) is 10.5. The third-order valence-corrected chi connectivity index (χ3v) is 7.61. The van der Waals surface area contributed by atoms with Gasteiger partial charge in [-0.15, -0.1) is 0 Å². The van der Waals surface area contributed by atoms with E-state index in [-0.39, 0.29) is 5.56 Å². The lowest BCUT2D eigenvalue weighted by atomic mass is 9.84. The third-order valence-electron chi connectivity index (χ3n) is 7.61. The normalized spacial score (nSPS) is 11.0. The fraction of sp³-hybridized carbons (Fsp3) is 0.139. The lowest BCUT2D eigenvalue weighted by molar-refractivity contribution is 0.102. The van der Waals surface area contributed by atoms with Crippen LogP contribution in [0.5, 0.6) is 0 Å². The number of nitrogens with zero attached hydrogens (tertiary/aromatic N) is 6. The highest BCUT2D eigenvalue weighted by atomic mass is 19.1. The van der Waals surface area contributed by atoms with Crippen LogP contribution < -0.4 is 10.6 Å². The molecule has 0 fully saturated rings. The highest BCUT2D eigenvalue weighted by Crippen LogP contribution is 2.32. The molecule has 0 spiro atoms. The monoisotopic (exact) mass is 608 g/mol. The summed E-state index contributed by atoms with van der Waals surface area (Å²) >= 11 is 0. The average Bonchev–Trinajstić information content (AvgIpc) is 3.66. The number of carbonyl (C=O) groups excluding carboxylic acids is 1.